The van der Waals surface area contributed by atoms with Crippen LogP contribution in [0.5, 0.6) is 0 Å². The first-order chi connectivity index (χ1) is 16.5. The molecular weight excluding hydrogens is 454 g/mol. The van der Waals surface area contributed by atoms with Gasteiger partial charge in [0.1, 0.15) is 5.54 Å². The molecule has 0 bridgehead atoms. The van der Waals surface area contributed by atoms with E-state index in [4.69, 9.17) is 0 Å². The van der Waals surface area contributed by atoms with E-state index in [1.165, 1.54) is 11.8 Å². The van der Waals surface area contributed by atoms with Crippen LogP contribution in [0.4, 0.5) is 4.79 Å². The number of hydrazine groups is 1. The summed E-state index contributed by atoms with van der Waals surface area (Å²) in [5, 5.41) is 12.7. The highest BCUT2D eigenvalue weighted by molar-refractivity contribution is 7.99. The molecule has 0 radical (unpaired) electrons. The average Bonchev–Trinajstić information content (AvgIpc) is 3.58. The molecule has 4 amide bonds. The molecule has 34 heavy (non-hydrogen) atoms. The molecule has 1 aliphatic heterocycles. The van der Waals surface area contributed by atoms with Crippen molar-refractivity contribution >= 4 is 29.6 Å². The number of nitrogens with one attached hydrogen (secondary N) is 2. The van der Waals surface area contributed by atoms with Crippen molar-refractivity contribution in [3.63, 3.8) is 0 Å². The molecule has 1 atom stereocenters. The van der Waals surface area contributed by atoms with Crippen LogP contribution in [0.1, 0.15) is 37.8 Å². The fraction of sp³-hybridized carbons (Fsp3) is 0.304. The summed E-state index contributed by atoms with van der Waals surface area (Å²) < 4.78 is 2.04. The minimum Gasteiger partial charge on any atom is -0.318 e. The summed E-state index contributed by atoms with van der Waals surface area (Å²) in [6, 6.07) is 12.4. The van der Waals surface area contributed by atoms with Crippen LogP contribution in [0.3, 0.4) is 0 Å². The molecule has 174 valence electrons. The molecule has 3 aromatic rings. The van der Waals surface area contributed by atoms with Gasteiger partial charge >= 0.3 is 6.03 Å². The van der Waals surface area contributed by atoms with Gasteiger partial charge in [0.15, 0.2) is 11.0 Å². The number of amides is 4. The normalized spacial score (nSPS) is 19.9. The summed E-state index contributed by atoms with van der Waals surface area (Å²) >= 11 is 1.22. The predicted molar refractivity (Wildman–Crippen MR) is 124 cm³/mol. The Morgan fingerprint density at radius 1 is 1.15 bits per heavy atom. The van der Waals surface area contributed by atoms with Crippen molar-refractivity contribution in [3.8, 4) is 11.4 Å². The number of pyridine rings is 1. The average molecular weight is 478 g/mol. The summed E-state index contributed by atoms with van der Waals surface area (Å²) in [6.45, 7) is 1.82. The van der Waals surface area contributed by atoms with Gasteiger partial charge in [-0.05, 0) is 37.0 Å². The molecule has 1 saturated carbocycles. The number of rotatable bonds is 8. The molecule has 1 saturated heterocycles. The molecule has 1 aromatic carbocycles. The highest BCUT2D eigenvalue weighted by Crippen LogP contribution is 2.41. The lowest BCUT2D eigenvalue weighted by molar-refractivity contribution is -0.138. The van der Waals surface area contributed by atoms with Crippen molar-refractivity contribution in [2.24, 2.45) is 0 Å². The van der Waals surface area contributed by atoms with E-state index in [0.29, 0.717) is 23.2 Å². The monoisotopic (exact) mass is 477 g/mol. The molecule has 1 aliphatic carbocycles. The largest absolute Gasteiger partial charge is 0.344 e. The number of aromatic nitrogens is 4. The van der Waals surface area contributed by atoms with Gasteiger partial charge in [0.2, 0.25) is 5.91 Å². The first-order valence-electron chi connectivity index (χ1n) is 11.0. The number of nitrogens with zero attached hydrogens (tertiary/aromatic N) is 5. The van der Waals surface area contributed by atoms with E-state index in [9.17, 15) is 14.4 Å². The summed E-state index contributed by atoms with van der Waals surface area (Å²) in [5.74, 6) is -0.282. The van der Waals surface area contributed by atoms with E-state index >= 15 is 0 Å². The number of carbonyl (C=O) groups excluding carboxylic acids is 3. The maximum atomic E-state index is 13.2. The highest BCUT2D eigenvalue weighted by Gasteiger charge is 2.52. The zero-order valence-electron chi connectivity index (χ0n) is 18.5. The Bertz CT molecular complexity index is 1230. The Labute approximate surface area is 200 Å². The summed E-state index contributed by atoms with van der Waals surface area (Å²) in [5.41, 5.74) is 2.83. The minimum absolute atomic E-state index is 0.0251. The Morgan fingerprint density at radius 2 is 1.88 bits per heavy atom. The molecule has 2 fully saturated rings. The van der Waals surface area contributed by atoms with Crippen LogP contribution >= 0.6 is 11.8 Å². The van der Waals surface area contributed by atoms with Crippen molar-refractivity contribution in [3.05, 3.63) is 60.4 Å². The number of thioether (sulfide) groups is 1. The van der Waals surface area contributed by atoms with Crippen molar-refractivity contribution in [1.82, 2.24) is 35.5 Å². The van der Waals surface area contributed by atoms with Crippen LogP contribution in [0.15, 0.2) is 60.0 Å². The van der Waals surface area contributed by atoms with Gasteiger partial charge < -0.3 is 5.32 Å². The van der Waals surface area contributed by atoms with Gasteiger partial charge in [-0.2, -0.15) is 5.01 Å². The lowest BCUT2D eigenvalue weighted by atomic mass is 9.87. The van der Waals surface area contributed by atoms with Crippen LogP contribution in [0.2, 0.25) is 0 Å². The fourth-order valence-corrected chi connectivity index (χ4v) is 4.86. The molecular formula is C23H23N7O3S. The Kier molecular flexibility index (Phi) is 5.78. The summed E-state index contributed by atoms with van der Waals surface area (Å²) in [7, 11) is 0. The second kappa shape index (κ2) is 8.90. The SMILES string of the molecule is CC[C@@]1(c2ccccc2)NC(=O)N(NC(=O)CSc2nnc(-c3ccncc3)n2C2CC2)C1=O. The summed E-state index contributed by atoms with van der Waals surface area (Å²) in [6.07, 6.45) is 5.80. The maximum absolute atomic E-state index is 13.2. The Morgan fingerprint density at radius 3 is 2.56 bits per heavy atom. The lowest BCUT2D eigenvalue weighted by Gasteiger charge is -2.25. The zero-order valence-corrected chi connectivity index (χ0v) is 19.3. The quantitative estimate of drug-likeness (QED) is 0.378. The van der Waals surface area contributed by atoms with Gasteiger partial charge in [-0.25, -0.2) is 4.79 Å². The molecule has 5 rings (SSSR count). The van der Waals surface area contributed by atoms with Crippen LogP contribution < -0.4 is 10.7 Å². The number of imide groups is 1. The third-order valence-corrected chi connectivity index (χ3v) is 6.92. The fourth-order valence-electron chi connectivity index (χ4n) is 4.06. The van der Waals surface area contributed by atoms with Crippen molar-refractivity contribution in [2.75, 3.05) is 5.75 Å². The van der Waals surface area contributed by atoms with Crippen LogP contribution in [-0.4, -0.2) is 48.4 Å². The summed E-state index contributed by atoms with van der Waals surface area (Å²) in [4.78, 5) is 42.5. The molecule has 0 unspecified atom stereocenters. The van der Waals surface area contributed by atoms with Gasteiger partial charge in [0.25, 0.3) is 5.91 Å². The standard InChI is InChI=1S/C23H23N7O3S/c1-2-23(16-6-4-3-5-7-16)20(32)30(21(33)25-23)28-18(31)14-34-22-27-26-19(29(22)17-8-9-17)15-10-12-24-13-11-15/h3-7,10-13,17H,2,8-9,14H2,1H3,(H,25,33)(H,28,31)/t23-/m0/s1. The lowest BCUT2D eigenvalue weighted by Crippen LogP contribution is -2.49. The minimum atomic E-state index is -1.20. The Balaban J connectivity index is 1.28. The highest BCUT2D eigenvalue weighted by atomic mass is 32.2. The molecule has 2 aliphatic rings. The first-order valence-corrected chi connectivity index (χ1v) is 12.0. The number of hydrogen-bond acceptors (Lipinski definition) is 7. The number of urea groups is 1. The van der Waals surface area contributed by atoms with Gasteiger partial charge in [0, 0.05) is 24.0 Å². The van der Waals surface area contributed by atoms with Crippen LogP contribution in [0, 0.1) is 0 Å². The molecule has 10 nitrogen and oxygen atoms in total. The maximum Gasteiger partial charge on any atom is 0.344 e. The predicted octanol–water partition coefficient (Wildman–Crippen LogP) is 2.66. The van der Waals surface area contributed by atoms with E-state index < -0.39 is 23.4 Å². The third-order valence-electron chi connectivity index (χ3n) is 5.97. The molecule has 2 aromatic heterocycles. The van der Waals surface area contributed by atoms with Gasteiger partial charge in [-0.15, -0.1) is 10.2 Å². The van der Waals surface area contributed by atoms with E-state index in [1.54, 1.807) is 36.7 Å². The number of hydrogen-bond donors (Lipinski definition) is 2. The third kappa shape index (κ3) is 3.92. The molecule has 0 spiro atoms. The second-order valence-electron chi connectivity index (χ2n) is 8.16. The van der Waals surface area contributed by atoms with Crippen molar-refractivity contribution < 1.29 is 14.4 Å². The van der Waals surface area contributed by atoms with Crippen molar-refractivity contribution in [1.29, 1.82) is 0 Å². The topological polar surface area (TPSA) is 122 Å². The molecule has 2 N–H and O–H groups in total. The van der Waals surface area contributed by atoms with Crippen LogP contribution in [0.25, 0.3) is 11.4 Å². The Hall–Kier alpha value is -3.73. The van der Waals surface area contributed by atoms with Gasteiger partial charge in [-0.1, -0.05) is 49.0 Å². The van der Waals surface area contributed by atoms with Gasteiger partial charge in [0.05, 0.1) is 5.75 Å². The second-order valence-corrected chi connectivity index (χ2v) is 9.11. The van der Waals surface area contributed by atoms with E-state index in [0.717, 1.165) is 29.2 Å². The molecule has 3 heterocycles. The van der Waals surface area contributed by atoms with Crippen molar-refractivity contribution in [2.45, 2.75) is 42.9 Å². The first kappa shape index (κ1) is 22.1. The number of carbonyl (C=O) groups is 3. The molecule has 11 heteroatoms. The van der Waals surface area contributed by atoms with Gasteiger partial charge in [-0.3, -0.25) is 24.6 Å². The van der Waals surface area contributed by atoms with Crippen LogP contribution in [-0.2, 0) is 15.1 Å². The van der Waals surface area contributed by atoms with E-state index in [2.05, 4.69) is 25.9 Å². The smallest absolute Gasteiger partial charge is 0.318 e. The zero-order chi connectivity index (χ0) is 23.7. The number of benzene rings is 1. The van der Waals surface area contributed by atoms with E-state index in [-0.39, 0.29) is 5.75 Å². The van der Waals surface area contributed by atoms with E-state index in [1.807, 2.05) is 29.7 Å².